The first-order valence-corrected chi connectivity index (χ1v) is 7.50. The molecule has 100 valence electrons. The van der Waals surface area contributed by atoms with E-state index in [4.69, 9.17) is 16.3 Å². The van der Waals surface area contributed by atoms with Crippen molar-refractivity contribution in [3.8, 4) is 17.1 Å². The van der Waals surface area contributed by atoms with Crippen LogP contribution in [0.3, 0.4) is 0 Å². The molecule has 1 aromatic carbocycles. The van der Waals surface area contributed by atoms with Crippen molar-refractivity contribution < 1.29 is 4.74 Å². The lowest BCUT2D eigenvalue weighted by molar-refractivity contribution is 0.294. The second kappa shape index (κ2) is 6.07. The Morgan fingerprint density at radius 2 is 2.00 bits per heavy atom. The predicted octanol–water partition coefficient (Wildman–Crippen LogP) is 5.04. The quantitative estimate of drug-likeness (QED) is 0.673. The summed E-state index contributed by atoms with van der Waals surface area (Å²) in [6.45, 7) is 0.459. The Balaban J connectivity index is 1.73. The Morgan fingerprint density at radius 3 is 2.80 bits per heavy atom. The lowest BCUT2D eigenvalue weighted by Gasteiger charge is -2.07. The molecule has 0 amide bonds. The van der Waals surface area contributed by atoms with Crippen LogP contribution < -0.4 is 4.74 Å². The van der Waals surface area contributed by atoms with E-state index in [9.17, 15) is 0 Å². The first-order chi connectivity index (χ1) is 9.81. The Labute approximate surface area is 126 Å². The molecule has 3 rings (SSSR count). The summed E-state index contributed by atoms with van der Waals surface area (Å²) in [5, 5.41) is 4.82. The molecule has 0 aliphatic rings. The molecule has 0 unspecified atom stereocenters. The molecule has 0 fully saturated rings. The van der Waals surface area contributed by atoms with Gasteiger partial charge in [-0.2, -0.15) is 11.3 Å². The van der Waals surface area contributed by atoms with Crippen LogP contribution in [0.25, 0.3) is 11.3 Å². The molecular weight excluding hydrogens is 290 g/mol. The lowest BCUT2D eigenvalue weighted by atomic mass is 10.2. The van der Waals surface area contributed by atoms with Gasteiger partial charge in [0.2, 0.25) is 5.88 Å². The van der Waals surface area contributed by atoms with Gasteiger partial charge in [0.15, 0.2) is 0 Å². The molecule has 2 nitrogen and oxygen atoms in total. The molecule has 0 saturated carbocycles. The minimum absolute atomic E-state index is 0.459. The Morgan fingerprint density at radius 1 is 1.10 bits per heavy atom. The smallest absolute Gasteiger partial charge is 0.214 e. The first kappa shape index (κ1) is 13.2. The topological polar surface area (TPSA) is 22.1 Å². The van der Waals surface area contributed by atoms with Gasteiger partial charge in [0.05, 0.1) is 5.69 Å². The molecule has 0 atom stereocenters. The molecule has 2 heterocycles. The summed E-state index contributed by atoms with van der Waals surface area (Å²) in [6.07, 6.45) is 0. The summed E-state index contributed by atoms with van der Waals surface area (Å²) >= 11 is 7.61. The van der Waals surface area contributed by atoms with Crippen molar-refractivity contribution in [3.05, 3.63) is 69.9 Å². The summed E-state index contributed by atoms with van der Waals surface area (Å²) in [5.41, 5.74) is 3.07. The average Bonchev–Trinajstić information content (AvgIpc) is 3.00. The maximum atomic E-state index is 5.95. The van der Waals surface area contributed by atoms with E-state index in [1.54, 1.807) is 11.3 Å². The monoisotopic (exact) mass is 301 g/mol. The van der Waals surface area contributed by atoms with Crippen LogP contribution in [-0.4, -0.2) is 4.98 Å². The Bertz CT molecular complexity index is 697. The fraction of sp³-hybridized carbons (Fsp3) is 0.0625. The van der Waals surface area contributed by atoms with Gasteiger partial charge in [-0.15, -0.1) is 0 Å². The SMILES string of the molecule is Clc1cccc(COc2cccc(-c3ccsc3)n2)c1. The molecule has 4 heteroatoms. The number of thiophene rings is 1. The van der Waals surface area contributed by atoms with E-state index in [-0.39, 0.29) is 0 Å². The molecule has 3 aromatic rings. The van der Waals surface area contributed by atoms with Gasteiger partial charge in [-0.3, -0.25) is 0 Å². The summed E-state index contributed by atoms with van der Waals surface area (Å²) in [5.74, 6) is 0.619. The van der Waals surface area contributed by atoms with Gasteiger partial charge in [-0.05, 0) is 35.2 Å². The van der Waals surface area contributed by atoms with Crippen molar-refractivity contribution in [1.29, 1.82) is 0 Å². The molecule has 0 spiro atoms. The minimum atomic E-state index is 0.459. The van der Waals surface area contributed by atoms with E-state index in [1.807, 2.05) is 53.9 Å². The van der Waals surface area contributed by atoms with Crippen molar-refractivity contribution >= 4 is 22.9 Å². The number of hydrogen-bond donors (Lipinski definition) is 0. The third-order valence-corrected chi connectivity index (χ3v) is 3.73. The van der Waals surface area contributed by atoms with E-state index in [0.717, 1.165) is 16.8 Å². The number of pyridine rings is 1. The highest BCUT2D eigenvalue weighted by Gasteiger charge is 2.03. The molecule has 0 radical (unpaired) electrons. The molecule has 0 N–H and O–H groups in total. The van der Waals surface area contributed by atoms with Crippen LogP contribution in [-0.2, 0) is 6.61 Å². The molecule has 0 saturated heterocycles. The predicted molar refractivity (Wildman–Crippen MR) is 83.3 cm³/mol. The zero-order valence-corrected chi connectivity index (χ0v) is 12.2. The van der Waals surface area contributed by atoms with Gasteiger partial charge >= 0.3 is 0 Å². The highest BCUT2D eigenvalue weighted by molar-refractivity contribution is 7.08. The lowest BCUT2D eigenvalue weighted by Crippen LogP contribution is -1.97. The van der Waals surface area contributed by atoms with Crippen LogP contribution in [0.5, 0.6) is 5.88 Å². The van der Waals surface area contributed by atoms with Crippen LogP contribution in [0.1, 0.15) is 5.56 Å². The molecule has 0 bridgehead atoms. The van der Waals surface area contributed by atoms with Crippen LogP contribution in [0.2, 0.25) is 5.02 Å². The third kappa shape index (κ3) is 3.18. The second-order valence-corrected chi connectivity index (χ2v) is 5.51. The summed E-state index contributed by atoms with van der Waals surface area (Å²) in [6, 6.07) is 15.5. The van der Waals surface area contributed by atoms with Crippen molar-refractivity contribution in [2.75, 3.05) is 0 Å². The largest absolute Gasteiger partial charge is 0.473 e. The number of benzene rings is 1. The van der Waals surface area contributed by atoms with Crippen LogP contribution >= 0.6 is 22.9 Å². The molecular formula is C16H12ClNOS. The summed E-state index contributed by atoms with van der Waals surface area (Å²) < 4.78 is 5.72. The van der Waals surface area contributed by atoms with Gasteiger partial charge < -0.3 is 4.74 Å². The van der Waals surface area contributed by atoms with Crippen LogP contribution in [0.4, 0.5) is 0 Å². The van der Waals surface area contributed by atoms with Crippen molar-refractivity contribution in [2.45, 2.75) is 6.61 Å². The fourth-order valence-electron chi connectivity index (χ4n) is 1.85. The number of ether oxygens (including phenoxy) is 1. The highest BCUT2D eigenvalue weighted by atomic mass is 35.5. The van der Waals surface area contributed by atoms with E-state index in [2.05, 4.69) is 10.4 Å². The standard InChI is InChI=1S/C16H12ClNOS/c17-14-4-1-3-12(9-14)10-19-16-6-2-5-15(18-16)13-7-8-20-11-13/h1-9,11H,10H2. The number of halogens is 1. The number of aromatic nitrogens is 1. The molecule has 0 aliphatic carbocycles. The van der Waals surface area contributed by atoms with E-state index in [0.29, 0.717) is 17.5 Å². The number of hydrogen-bond acceptors (Lipinski definition) is 3. The van der Waals surface area contributed by atoms with E-state index >= 15 is 0 Å². The van der Waals surface area contributed by atoms with Gasteiger partial charge in [0.25, 0.3) is 0 Å². The zero-order valence-electron chi connectivity index (χ0n) is 10.6. The molecule has 0 aliphatic heterocycles. The normalized spacial score (nSPS) is 10.4. The maximum absolute atomic E-state index is 5.95. The van der Waals surface area contributed by atoms with Gasteiger partial charge in [0.1, 0.15) is 6.61 Å². The number of rotatable bonds is 4. The third-order valence-electron chi connectivity index (χ3n) is 2.82. The summed E-state index contributed by atoms with van der Waals surface area (Å²) in [7, 11) is 0. The highest BCUT2D eigenvalue weighted by Crippen LogP contribution is 2.22. The first-order valence-electron chi connectivity index (χ1n) is 6.18. The van der Waals surface area contributed by atoms with E-state index in [1.165, 1.54) is 0 Å². The minimum Gasteiger partial charge on any atom is -0.473 e. The Hall–Kier alpha value is -1.84. The van der Waals surface area contributed by atoms with Crippen LogP contribution in [0.15, 0.2) is 59.3 Å². The number of nitrogens with zero attached hydrogens (tertiary/aromatic N) is 1. The zero-order chi connectivity index (χ0) is 13.8. The van der Waals surface area contributed by atoms with Gasteiger partial charge in [-0.25, -0.2) is 4.98 Å². The van der Waals surface area contributed by atoms with Gasteiger partial charge in [0, 0.05) is 22.0 Å². The maximum Gasteiger partial charge on any atom is 0.214 e. The molecule has 2 aromatic heterocycles. The van der Waals surface area contributed by atoms with E-state index < -0.39 is 0 Å². The Kier molecular flexibility index (Phi) is 4.00. The second-order valence-electron chi connectivity index (χ2n) is 4.29. The molecule has 20 heavy (non-hydrogen) atoms. The van der Waals surface area contributed by atoms with Gasteiger partial charge in [-0.1, -0.05) is 29.8 Å². The van der Waals surface area contributed by atoms with Crippen LogP contribution in [0, 0.1) is 0 Å². The fourth-order valence-corrected chi connectivity index (χ4v) is 2.71. The van der Waals surface area contributed by atoms with Crippen molar-refractivity contribution in [2.24, 2.45) is 0 Å². The average molecular weight is 302 g/mol. The van der Waals surface area contributed by atoms with Crippen molar-refractivity contribution in [1.82, 2.24) is 4.98 Å². The summed E-state index contributed by atoms with van der Waals surface area (Å²) in [4.78, 5) is 4.50. The van der Waals surface area contributed by atoms with Crippen molar-refractivity contribution in [3.63, 3.8) is 0 Å².